The van der Waals surface area contributed by atoms with Crippen molar-refractivity contribution in [3.05, 3.63) is 23.3 Å². The standard InChI is InChI=1S/C15H21NO8/c1-15(2,3)24-14(23)16-6-10(19)12(20)11-8(17)4-7(13(21)22)5-9(11)18/h4-5,10,12,17-20H,6H2,1-3H3,(H,16,23)(H,21,22). The van der Waals surface area contributed by atoms with Gasteiger partial charge in [0.15, 0.2) is 0 Å². The van der Waals surface area contributed by atoms with Crippen LogP contribution in [-0.4, -0.2) is 55.8 Å². The van der Waals surface area contributed by atoms with Crippen molar-refractivity contribution in [2.75, 3.05) is 6.54 Å². The molecule has 0 fully saturated rings. The van der Waals surface area contributed by atoms with Crippen molar-refractivity contribution in [1.29, 1.82) is 0 Å². The molecule has 24 heavy (non-hydrogen) atoms. The van der Waals surface area contributed by atoms with Crippen LogP contribution in [0.15, 0.2) is 12.1 Å². The molecule has 0 saturated heterocycles. The zero-order valence-electron chi connectivity index (χ0n) is 13.5. The number of phenols is 2. The second-order valence-corrected chi connectivity index (χ2v) is 6.13. The Bertz CT molecular complexity index is 599. The Morgan fingerprint density at radius 1 is 1.17 bits per heavy atom. The normalized spacial score (nSPS) is 13.9. The van der Waals surface area contributed by atoms with Crippen LogP contribution in [0.25, 0.3) is 0 Å². The van der Waals surface area contributed by atoms with Crippen molar-refractivity contribution in [3.8, 4) is 11.5 Å². The number of carbonyl (C=O) groups is 2. The van der Waals surface area contributed by atoms with Crippen molar-refractivity contribution in [2.45, 2.75) is 38.6 Å². The van der Waals surface area contributed by atoms with Crippen LogP contribution in [0, 0.1) is 0 Å². The largest absolute Gasteiger partial charge is 0.507 e. The Kier molecular flexibility index (Phi) is 5.99. The molecule has 0 saturated carbocycles. The molecule has 0 aliphatic carbocycles. The lowest BCUT2D eigenvalue weighted by Gasteiger charge is -2.23. The van der Waals surface area contributed by atoms with Gasteiger partial charge in [-0.2, -0.15) is 0 Å². The quantitative estimate of drug-likeness (QED) is 0.456. The van der Waals surface area contributed by atoms with Crippen LogP contribution in [0.5, 0.6) is 11.5 Å². The molecule has 0 heterocycles. The van der Waals surface area contributed by atoms with Gasteiger partial charge in [0.1, 0.15) is 29.3 Å². The van der Waals surface area contributed by atoms with E-state index in [9.17, 15) is 30.0 Å². The molecule has 0 radical (unpaired) electrons. The Hall–Kier alpha value is -2.52. The van der Waals surface area contributed by atoms with Crippen LogP contribution < -0.4 is 5.32 Å². The summed E-state index contributed by atoms with van der Waals surface area (Å²) in [5, 5.41) is 50.5. The summed E-state index contributed by atoms with van der Waals surface area (Å²) in [6, 6.07) is 1.66. The second kappa shape index (κ2) is 7.37. The van der Waals surface area contributed by atoms with Gasteiger partial charge in [-0.15, -0.1) is 0 Å². The maximum Gasteiger partial charge on any atom is 0.407 e. The SMILES string of the molecule is CC(C)(C)OC(=O)NCC(O)C(O)c1c(O)cc(C(=O)O)cc1O. The lowest BCUT2D eigenvalue weighted by molar-refractivity contribution is 0.0108. The number of ether oxygens (including phenoxy) is 1. The van der Waals surface area contributed by atoms with Crippen molar-refractivity contribution < 1.29 is 39.9 Å². The Morgan fingerprint density at radius 2 is 1.67 bits per heavy atom. The number of aromatic carboxylic acids is 1. The molecule has 1 amide bonds. The van der Waals surface area contributed by atoms with Gasteiger partial charge >= 0.3 is 12.1 Å². The number of hydrogen-bond acceptors (Lipinski definition) is 7. The van der Waals surface area contributed by atoms with Crippen molar-refractivity contribution in [2.24, 2.45) is 0 Å². The summed E-state index contributed by atoms with van der Waals surface area (Å²) >= 11 is 0. The molecule has 134 valence electrons. The van der Waals surface area contributed by atoms with E-state index in [0.29, 0.717) is 0 Å². The summed E-state index contributed by atoms with van der Waals surface area (Å²) in [6.45, 7) is 4.53. The maximum atomic E-state index is 11.5. The number of benzene rings is 1. The van der Waals surface area contributed by atoms with E-state index in [1.54, 1.807) is 20.8 Å². The first kappa shape index (κ1) is 19.5. The third-order valence-corrected chi connectivity index (χ3v) is 2.90. The zero-order valence-corrected chi connectivity index (χ0v) is 13.5. The van der Waals surface area contributed by atoms with Crippen LogP contribution in [0.2, 0.25) is 0 Å². The summed E-state index contributed by atoms with van der Waals surface area (Å²) in [4.78, 5) is 22.3. The third kappa shape index (κ3) is 5.28. The molecule has 9 heteroatoms. The van der Waals surface area contributed by atoms with Gasteiger partial charge in [-0.05, 0) is 32.9 Å². The molecule has 1 rings (SSSR count). The minimum Gasteiger partial charge on any atom is -0.507 e. The van der Waals surface area contributed by atoms with Crippen LogP contribution in [0.4, 0.5) is 4.79 Å². The molecular formula is C15H21NO8. The van der Waals surface area contributed by atoms with E-state index >= 15 is 0 Å². The first-order chi connectivity index (χ1) is 10.9. The Labute approximate surface area is 138 Å². The molecule has 6 N–H and O–H groups in total. The van der Waals surface area contributed by atoms with Crippen molar-refractivity contribution in [1.82, 2.24) is 5.32 Å². The fraction of sp³-hybridized carbons (Fsp3) is 0.467. The number of hydrogen-bond donors (Lipinski definition) is 6. The van der Waals surface area contributed by atoms with E-state index in [-0.39, 0.29) is 5.56 Å². The minimum atomic E-state index is -1.76. The summed E-state index contributed by atoms with van der Waals surface area (Å²) in [5.74, 6) is -2.78. The number of rotatable bonds is 5. The highest BCUT2D eigenvalue weighted by atomic mass is 16.6. The first-order valence-electron chi connectivity index (χ1n) is 7.04. The molecular weight excluding hydrogens is 322 g/mol. The molecule has 2 atom stereocenters. The molecule has 0 aliphatic rings. The number of aromatic hydroxyl groups is 2. The lowest BCUT2D eigenvalue weighted by atomic mass is 10.00. The molecule has 1 aromatic carbocycles. The van der Waals surface area contributed by atoms with Gasteiger partial charge in [-0.25, -0.2) is 9.59 Å². The molecule has 0 aromatic heterocycles. The van der Waals surface area contributed by atoms with Crippen LogP contribution in [0.1, 0.15) is 42.8 Å². The Morgan fingerprint density at radius 3 is 2.08 bits per heavy atom. The molecule has 1 aromatic rings. The molecule has 0 spiro atoms. The summed E-state index contributed by atoms with van der Waals surface area (Å²) < 4.78 is 4.96. The average Bonchev–Trinajstić information content (AvgIpc) is 2.41. The van der Waals surface area contributed by atoms with Crippen LogP contribution in [-0.2, 0) is 4.74 Å². The highest BCUT2D eigenvalue weighted by Gasteiger charge is 2.27. The van der Waals surface area contributed by atoms with Gasteiger partial charge in [0, 0.05) is 6.54 Å². The van der Waals surface area contributed by atoms with Gasteiger partial charge in [0.2, 0.25) is 0 Å². The molecule has 9 nitrogen and oxygen atoms in total. The van der Waals surface area contributed by atoms with E-state index in [2.05, 4.69) is 5.32 Å². The first-order valence-corrected chi connectivity index (χ1v) is 7.04. The number of nitrogens with one attached hydrogen (secondary N) is 1. The van der Waals surface area contributed by atoms with E-state index in [1.165, 1.54) is 0 Å². The van der Waals surface area contributed by atoms with E-state index in [1.807, 2.05) is 0 Å². The van der Waals surface area contributed by atoms with E-state index in [4.69, 9.17) is 9.84 Å². The number of carboxylic acids is 1. The number of aliphatic hydroxyl groups is 2. The molecule has 2 unspecified atom stereocenters. The molecule has 0 bridgehead atoms. The fourth-order valence-corrected chi connectivity index (χ4v) is 1.86. The van der Waals surface area contributed by atoms with Crippen LogP contribution >= 0.6 is 0 Å². The predicted octanol–water partition coefficient (Wildman–Crippen LogP) is 0.715. The van der Waals surface area contributed by atoms with Gasteiger partial charge in [0.05, 0.1) is 11.1 Å². The number of alkyl carbamates (subject to hydrolysis) is 1. The topological polar surface area (TPSA) is 157 Å². The van der Waals surface area contributed by atoms with E-state index < -0.39 is 53.5 Å². The number of carboxylic acid groups (broad SMARTS) is 1. The summed E-state index contributed by atoms with van der Waals surface area (Å²) in [6.07, 6.45) is -4.16. The molecule has 0 aliphatic heterocycles. The number of amides is 1. The number of carbonyl (C=O) groups excluding carboxylic acids is 1. The Balaban J connectivity index is 2.81. The monoisotopic (exact) mass is 343 g/mol. The predicted molar refractivity (Wildman–Crippen MR) is 81.9 cm³/mol. The maximum absolute atomic E-state index is 11.5. The van der Waals surface area contributed by atoms with Crippen molar-refractivity contribution in [3.63, 3.8) is 0 Å². The van der Waals surface area contributed by atoms with E-state index in [0.717, 1.165) is 12.1 Å². The van der Waals surface area contributed by atoms with Crippen LogP contribution in [0.3, 0.4) is 0 Å². The van der Waals surface area contributed by atoms with Gasteiger partial charge in [0.25, 0.3) is 0 Å². The smallest absolute Gasteiger partial charge is 0.407 e. The summed E-state index contributed by atoms with van der Waals surface area (Å²) in [7, 11) is 0. The number of aliphatic hydroxyl groups excluding tert-OH is 2. The zero-order chi connectivity index (χ0) is 18.7. The lowest BCUT2D eigenvalue weighted by Crippen LogP contribution is -2.38. The highest BCUT2D eigenvalue weighted by molar-refractivity contribution is 5.89. The van der Waals surface area contributed by atoms with Gasteiger partial charge in [-0.1, -0.05) is 0 Å². The second-order valence-electron chi connectivity index (χ2n) is 6.13. The third-order valence-electron chi connectivity index (χ3n) is 2.90. The van der Waals surface area contributed by atoms with Gasteiger partial charge < -0.3 is 35.6 Å². The number of phenolic OH excluding ortho intramolecular Hbond substituents is 2. The highest BCUT2D eigenvalue weighted by Crippen LogP contribution is 2.35. The van der Waals surface area contributed by atoms with Gasteiger partial charge in [-0.3, -0.25) is 0 Å². The summed E-state index contributed by atoms with van der Waals surface area (Å²) in [5.41, 5.74) is -1.57. The average molecular weight is 343 g/mol. The fourth-order valence-electron chi connectivity index (χ4n) is 1.86. The van der Waals surface area contributed by atoms with Crippen molar-refractivity contribution >= 4 is 12.1 Å². The minimum absolute atomic E-state index is 0.387.